The summed E-state index contributed by atoms with van der Waals surface area (Å²) < 4.78 is 0. The van der Waals surface area contributed by atoms with Gasteiger partial charge in [0, 0.05) is 24.4 Å². The fraction of sp³-hybridized carbons (Fsp3) is 0.529. The van der Waals surface area contributed by atoms with Gasteiger partial charge in [-0.1, -0.05) is 50.0 Å². The zero-order valence-corrected chi connectivity index (χ0v) is 12.9. The van der Waals surface area contributed by atoms with E-state index in [0.29, 0.717) is 18.7 Å². The normalized spacial score (nSPS) is 16.3. The first-order chi connectivity index (χ1) is 10.2. The van der Waals surface area contributed by atoms with Crippen LogP contribution >= 0.6 is 0 Å². The number of anilines is 1. The van der Waals surface area contributed by atoms with E-state index in [1.807, 2.05) is 29.2 Å². The molecule has 114 valence electrons. The molecule has 1 aromatic rings. The fourth-order valence-corrected chi connectivity index (χ4v) is 3.07. The van der Waals surface area contributed by atoms with Crippen molar-refractivity contribution in [3.8, 4) is 0 Å². The minimum Gasteiger partial charge on any atom is -0.411 e. The monoisotopic (exact) mass is 288 g/mol. The third kappa shape index (κ3) is 3.26. The van der Waals surface area contributed by atoms with Gasteiger partial charge in [0.15, 0.2) is 0 Å². The highest BCUT2D eigenvalue weighted by Gasteiger charge is 2.29. The number of benzene rings is 1. The summed E-state index contributed by atoms with van der Waals surface area (Å²) in [6.45, 7) is 4.84. The Hall–Kier alpha value is -1.84. The summed E-state index contributed by atoms with van der Waals surface area (Å²) in [6, 6.07) is 7.69. The van der Waals surface area contributed by atoms with Crippen LogP contribution in [0, 0.1) is 5.92 Å². The van der Waals surface area contributed by atoms with Gasteiger partial charge < -0.3 is 10.1 Å². The Balaban J connectivity index is 2.30. The fourth-order valence-electron chi connectivity index (χ4n) is 3.07. The van der Waals surface area contributed by atoms with Crippen molar-refractivity contribution in [1.29, 1.82) is 0 Å². The summed E-state index contributed by atoms with van der Waals surface area (Å²) in [5.41, 5.74) is 2.40. The van der Waals surface area contributed by atoms with Gasteiger partial charge >= 0.3 is 0 Å². The molecule has 21 heavy (non-hydrogen) atoms. The summed E-state index contributed by atoms with van der Waals surface area (Å²) in [5, 5.41) is 12.5. The van der Waals surface area contributed by atoms with E-state index in [-0.39, 0.29) is 11.8 Å². The molecule has 0 radical (unpaired) electrons. The summed E-state index contributed by atoms with van der Waals surface area (Å²) in [4.78, 5) is 14.7. The molecule has 0 saturated heterocycles. The molecule has 1 heterocycles. The lowest BCUT2D eigenvalue weighted by atomic mass is 9.93. The number of nitrogens with zero attached hydrogens (tertiary/aromatic N) is 2. The molecular formula is C17H24N2O2. The van der Waals surface area contributed by atoms with Crippen molar-refractivity contribution < 1.29 is 10.0 Å². The maximum absolute atomic E-state index is 12.9. The second-order valence-electron chi connectivity index (χ2n) is 5.58. The largest absolute Gasteiger partial charge is 0.411 e. The van der Waals surface area contributed by atoms with Gasteiger partial charge in [-0.3, -0.25) is 4.79 Å². The molecule has 4 heteroatoms. The Bertz CT molecular complexity index is 519. The third-order valence-electron chi connectivity index (χ3n) is 4.09. The predicted molar refractivity (Wildman–Crippen MR) is 85.0 cm³/mol. The molecule has 1 aliphatic rings. The van der Waals surface area contributed by atoms with Crippen molar-refractivity contribution in [1.82, 2.24) is 0 Å². The Morgan fingerprint density at radius 2 is 1.95 bits per heavy atom. The number of carbonyl (C=O) groups excluding carboxylic acids is 1. The summed E-state index contributed by atoms with van der Waals surface area (Å²) >= 11 is 0. The van der Waals surface area contributed by atoms with Crippen LogP contribution in [0.15, 0.2) is 29.4 Å². The number of fused-ring (bicyclic) bond motifs is 1. The molecular weight excluding hydrogens is 264 g/mol. The van der Waals surface area contributed by atoms with E-state index in [2.05, 4.69) is 19.0 Å². The van der Waals surface area contributed by atoms with Crippen molar-refractivity contribution in [3.63, 3.8) is 0 Å². The quantitative estimate of drug-likeness (QED) is 0.661. The van der Waals surface area contributed by atoms with Gasteiger partial charge in [-0.15, -0.1) is 0 Å². The molecule has 1 amide bonds. The second-order valence-corrected chi connectivity index (χ2v) is 5.58. The van der Waals surface area contributed by atoms with Crippen LogP contribution in [0.1, 0.15) is 51.5 Å². The van der Waals surface area contributed by atoms with E-state index in [1.54, 1.807) is 0 Å². The zero-order valence-electron chi connectivity index (χ0n) is 12.9. The minimum atomic E-state index is 0.0978. The molecule has 1 aliphatic heterocycles. The molecule has 0 aromatic heterocycles. The maximum Gasteiger partial charge on any atom is 0.230 e. The molecule has 0 spiro atoms. The molecule has 0 unspecified atom stereocenters. The molecule has 1 N–H and O–H groups in total. The van der Waals surface area contributed by atoms with Crippen LogP contribution < -0.4 is 4.90 Å². The van der Waals surface area contributed by atoms with Gasteiger partial charge in [-0.25, -0.2) is 0 Å². The Kier molecular flexibility index (Phi) is 5.37. The number of hydrogen-bond donors (Lipinski definition) is 1. The third-order valence-corrected chi connectivity index (χ3v) is 4.09. The number of oxime groups is 1. The Morgan fingerprint density at radius 1 is 1.29 bits per heavy atom. The number of para-hydroxylation sites is 1. The smallest absolute Gasteiger partial charge is 0.230 e. The first-order valence-corrected chi connectivity index (χ1v) is 7.84. The number of amides is 1. The minimum absolute atomic E-state index is 0.0978. The highest BCUT2D eigenvalue weighted by atomic mass is 16.4. The number of hydrogen-bond acceptors (Lipinski definition) is 3. The summed E-state index contributed by atoms with van der Waals surface area (Å²) in [5.74, 6) is 0.309. The average Bonchev–Trinajstić information content (AvgIpc) is 2.53. The van der Waals surface area contributed by atoms with Gasteiger partial charge in [0.2, 0.25) is 5.91 Å². The molecule has 2 rings (SSSR count). The van der Waals surface area contributed by atoms with Crippen LogP contribution in [-0.4, -0.2) is 23.4 Å². The van der Waals surface area contributed by atoms with E-state index >= 15 is 0 Å². The first kappa shape index (κ1) is 15.5. The van der Waals surface area contributed by atoms with Gasteiger partial charge in [0.25, 0.3) is 0 Å². The van der Waals surface area contributed by atoms with Crippen molar-refractivity contribution in [2.45, 2.75) is 46.0 Å². The van der Waals surface area contributed by atoms with Gasteiger partial charge in [0.1, 0.15) is 0 Å². The standard InChI is InChI=1S/C17H24N2O2/c1-3-7-13(8-4-2)17(20)19-12-11-15(18-21)14-9-5-6-10-16(14)19/h5-6,9-10,13,21H,3-4,7-8,11-12H2,1-2H3/b18-15-. The molecule has 0 bridgehead atoms. The van der Waals surface area contributed by atoms with Crippen molar-refractivity contribution in [2.24, 2.45) is 11.1 Å². The number of rotatable bonds is 5. The SMILES string of the molecule is CCCC(CCC)C(=O)N1CC/C(=N/O)c2ccccc21. The van der Waals surface area contributed by atoms with Gasteiger partial charge in [-0.2, -0.15) is 0 Å². The van der Waals surface area contributed by atoms with Crippen LogP contribution in [0.25, 0.3) is 0 Å². The van der Waals surface area contributed by atoms with E-state index in [0.717, 1.165) is 36.9 Å². The van der Waals surface area contributed by atoms with Crippen molar-refractivity contribution in [3.05, 3.63) is 29.8 Å². The topological polar surface area (TPSA) is 52.9 Å². The Labute approximate surface area is 126 Å². The van der Waals surface area contributed by atoms with Gasteiger partial charge in [0.05, 0.1) is 11.4 Å². The van der Waals surface area contributed by atoms with Crippen LogP contribution in [0.5, 0.6) is 0 Å². The lowest BCUT2D eigenvalue weighted by Gasteiger charge is -2.32. The molecule has 0 atom stereocenters. The van der Waals surface area contributed by atoms with E-state index in [1.165, 1.54) is 0 Å². The van der Waals surface area contributed by atoms with Crippen molar-refractivity contribution in [2.75, 3.05) is 11.4 Å². The first-order valence-electron chi connectivity index (χ1n) is 7.84. The predicted octanol–water partition coefficient (Wildman–Crippen LogP) is 3.82. The highest BCUT2D eigenvalue weighted by Crippen LogP contribution is 2.30. The molecule has 0 aliphatic carbocycles. The zero-order chi connectivity index (χ0) is 15.2. The lowest BCUT2D eigenvalue weighted by Crippen LogP contribution is -2.41. The van der Waals surface area contributed by atoms with Crippen molar-refractivity contribution >= 4 is 17.3 Å². The lowest BCUT2D eigenvalue weighted by molar-refractivity contribution is -0.122. The molecule has 0 saturated carbocycles. The Morgan fingerprint density at radius 3 is 2.57 bits per heavy atom. The maximum atomic E-state index is 12.9. The highest BCUT2D eigenvalue weighted by molar-refractivity contribution is 6.11. The van der Waals surface area contributed by atoms with E-state index in [4.69, 9.17) is 5.21 Å². The average molecular weight is 288 g/mol. The molecule has 1 aromatic carbocycles. The van der Waals surface area contributed by atoms with Crippen LogP contribution in [0.3, 0.4) is 0 Å². The summed E-state index contributed by atoms with van der Waals surface area (Å²) in [7, 11) is 0. The van der Waals surface area contributed by atoms with Crippen LogP contribution in [0.4, 0.5) is 5.69 Å². The van der Waals surface area contributed by atoms with E-state index in [9.17, 15) is 4.79 Å². The number of carbonyl (C=O) groups is 1. The van der Waals surface area contributed by atoms with Crippen LogP contribution in [0.2, 0.25) is 0 Å². The second kappa shape index (κ2) is 7.25. The molecule has 4 nitrogen and oxygen atoms in total. The van der Waals surface area contributed by atoms with E-state index < -0.39 is 0 Å². The summed E-state index contributed by atoms with van der Waals surface area (Å²) in [6.07, 6.45) is 4.52. The van der Waals surface area contributed by atoms with Crippen LogP contribution in [-0.2, 0) is 4.79 Å². The molecule has 0 fully saturated rings. The van der Waals surface area contributed by atoms with Gasteiger partial charge in [-0.05, 0) is 18.9 Å².